The molecule has 0 amide bonds. The van der Waals surface area contributed by atoms with Crippen LogP contribution in [-0.4, -0.2) is 23.8 Å². The van der Waals surface area contributed by atoms with Gasteiger partial charge >= 0.3 is 0 Å². The number of allylic oxidation sites excluding steroid dienone is 3. The van der Waals surface area contributed by atoms with Crippen molar-refractivity contribution in [3.8, 4) is 0 Å². The van der Waals surface area contributed by atoms with Crippen molar-refractivity contribution in [1.29, 1.82) is 0 Å². The van der Waals surface area contributed by atoms with E-state index in [9.17, 15) is 4.79 Å². The van der Waals surface area contributed by atoms with Crippen molar-refractivity contribution in [1.82, 2.24) is 0 Å². The Morgan fingerprint density at radius 1 is 1.14 bits per heavy atom. The number of ketones is 1. The highest BCUT2D eigenvalue weighted by Gasteiger charge is 2.46. The molecule has 5 atom stereocenters. The Hall–Kier alpha value is -0.930. The summed E-state index contributed by atoms with van der Waals surface area (Å²) in [5, 5.41) is 0. The lowest BCUT2D eigenvalue weighted by atomic mass is 9.81. The van der Waals surface area contributed by atoms with Crippen molar-refractivity contribution < 1.29 is 14.3 Å². The lowest BCUT2D eigenvalue weighted by Gasteiger charge is -2.49. The van der Waals surface area contributed by atoms with Crippen molar-refractivity contribution in [3.05, 3.63) is 23.8 Å². The molecular formula is C25H42O3. The first-order valence-electron chi connectivity index (χ1n) is 11.6. The van der Waals surface area contributed by atoms with Gasteiger partial charge in [-0.3, -0.25) is 4.79 Å². The quantitative estimate of drug-likeness (QED) is 0.408. The Labute approximate surface area is 172 Å². The zero-order chi connectivity index (χ0) is 20.6. The fourth-order valence-corrected chi connectivity index (χ4v) is 4.52. The van der Waals surface area contributed by atoms with E-state index in [1.165, 1.54) is 32.1 Å². The van der Waals surface area contributed by atoms with Gasteiger partial charge in [0.25, 0.3) is 0 Å². The molecule has 2 fully saturated rings. The van der Waals surface area contributed by atoms with Gasteiger partial charge in [0.05, 0.1) is 12.2 Å². The first kappa shape index (κ1) is 23.3. The number of Topliss-reactive ketones (excluding diaryl/α,β-unsaturated/α-hetero) is 1. The predicted octanol–water partition coefficient (Wildman–Crippen LogP) is 6.76. The van der Waals surface area contributed by atoms with E-state index < -0.39 is 0 Å². The van der Waals surface area contributed by atoms with Gasteiger partial charge in [0.2, 0.25) is 0 Å². The molecule has 160 valence electrons. The summed E-state index contributed by atoms with van der Waals surface area (Å²) in [5.41, 5.74) is 1.14. The van der Waals surface area contributed by atoms with Crippen LogP contribution in [0.15, 0.2) is 23.8 Å². The first-order valence-corrected chi connectivity index (χ1v) is 11.6. The summed E-state index contributed by atoms with van der Waals surface area (Å²) < 4.78 is 13.2. The molecule has 0 radical (unpaired) electrons. The van der Waals surface area contributed by atoms with Crippen LogP contribution >= 0.6 is 0 Å². The molecule has 2 saturated heterocycles. The summed E-state index contributed by atoms with van der Waals surface area (Å²) in [5.74, 6) is 1.08. The van der Waals surface area contributed by atoms with Crippen LogP contribution < -0.4 is 0 Å². The highest BCUT2D eigenvalue weighted by atomic mass is 16.7. The maximum atomic E-state index is 11.6. The Morgan fingerprint density at radius 3 is 2.57 bits per heavy atom. The number of rotatable bonds is 9. The average Bonchev–Trinajstić information content (AvgIpc) is 2.71. The Kier molecular flexibility index (Phi) is 9.43. The van der Waals surface area contributed by atoms with Crippen molar-refractivity contribution in [2.24, 2.45) is 11.8 Å². The molecule has 2 rings (SSSR count). The molecule has 2 heterocycles. The highest BCUT2D eigenvalue weighted by molar-refractivity contribution is 5.79. The third-order valence-corrected chi connectivity index (χ3v) is 6.62. The van der Waals surface area contributed by atoms with Gasteiger partial charge in [0, 0.05) is 25.7 Å². The van der Waals surface area contributed by atoms with Gasteiger partial charge in [-0.2, -0.15) is 0 Å². The summed E-state index contributed by atoms with van der Waals surface area (Å²) in [7, 11) is 0. The van der Waals surface area contributed by atoms with Gasteiger partial charge in [-0.1, -0.05) is 64.3 Å². The summed E-state index contributed by atoms with van der Waals surface area (Å²) in [6.45, 7) is 10.8. The summed E-state index contributed by atoms with van der Waals surface area (Å²) in [4.78, 5) is 11.6. The molecule has 3 heteroatoms. The van der Waals surface area contributed by atoms with Gasteiger partial charge in [0.15, 0.2) is 5.79 Å². The van der Waals surface area contributed by atoms with Crippen LogP contribution in [0.2, 0.25) is 0 Å². The molecule has 2 aliphatic heterocycles. The van der Waals surface area contributed by atoms with E-state index in [1.54, 1.807) is 0 Å². The minimum Gasteiger partial charge on any atom is -0.346 e. The molecule has 0 N–H and O–H groups in total. The van der Waals surface area contributed by atoms with Crippen molar-refractivity contribution in [3.63, 3.8) is 0 Å². The molecule has 0 aromatic carbocycles. The van der Waals surface area contributed by atoms with E-state index >= 15 is 0 Å². The summed E-state index contributed by atoms with van der Waals surface area (Å²) in [6, 6.07) is 0. The van der Waals surface area contributed by atoms with Gasteiger partial charge in [-0.25, -0.2) is 0 Å². The first-order chi connectivity index (χ1) is 13.4. The van der Waals surface area contributed by atoms with E-state index in [4.69, 9.17) is 9.47 Å². The fraction of sp³-hybridized carbons (Fsp3) is 0.800. The zero-order valence-corrected chi connectivity index (χ0v) is 18.8. The van der Waals surface area contributed by atoms with E-state index in [0.717, 1.165) is 24.8 Å². The minimum atomic E-state index is -0.388. The monoisotopic (exact) mass is 390 g/mol. The number of hydrogen-bond donors (Lipinski definition) is 0. The number of carbonyl (C=O) groups excluding carboxylic acids is 1. The van der Waals surface area contributed by atoms with Gasteiger partial charge in [-0.15, -0.1) is 0 Å². The van der Waals surface area contributed by atoms with Crippen LogP contribution in [0.25, 0.3) is 0 Å². The maximum absolute atomic E-state index is 11.6. The second-order valence-electron chi connectivity index (χ2n) is 8.92. The molecule has 4 unspecified atom stereocenters. The van der Waals surface area contributed by atoms with Crippen molar-refractivity contribution in [2.45, 2.75) is 117 Å². The van der Waals surface area contributed by atoms with Gasteiger partial charge in [-0.05, 0) is 44.4 Å². The third kappa shape index (κ3) is 6.56. The van der Waals surface area contributed by atoms with Gasteiger partial charge in [0.1, 0.15) is 5.78 Å². The molecule has 2 aliphatic rings. The molecule has 28 heavy (non-hydrogen) atoms. The normalized spacial score (nSPS) is 34.2. The molecule has 0 aromatic rings. The largest absolute Gasteiger partial charge is 0.346 e. The second-order valence-corrected chi connectivity index (χ2v) is 8.92. The van der Waals surface area contributed by atoms with Crippen molar-refractivity contribution >= 4 is 5.78 Å². The maximum Gasteiger partial charge on any atom is 0.169 e. The fourth-order valence-electron chi connectivity index (χ4n) is 4.52. The number of carbonyl (C=O) groups is 1. The van der Waals surface area contributed by atoms with E-state index in [0.29, 0.717) is 30.8 Å². The molecular weight excluding hydrogens is 348 g/mol. The molecule has 0 saturated carbocycles. The molecule has 0 bridgehead atoms. The van der Waals surface area contributed by atoms with Crippen LogP contribution in [0.3, 0.4) is 0 Å². The lowest BCUT2D eigenvalue weighted by molar-refractivity contribution is -0.325. The van der Waals surface area contributed by atoms with Crippen LogP contribution in [-0.2, 0) is 14.3 Å². The van der Waals surface area contributed by atoms with Crippen LogP contribution in [0.5, 0.6) is 0 Å². The van der Waals surface area contributed by atoms with E-state index in [-0.39, 0.29) is 17.7 Å². The highest BCUT2D eigenvalue weighted by Crippen LogP contribution is 2.44. The summed E-state index contributed by atoms with van der Waals surface area (Å²) >= 11 is 0. The number of unbranched alkanes of at least 4 members (excludes halogenated alkanes) is 1. The Morgan fingerprint density at radius 2 is 1.89 bits per heavy atom. The molecule has 0 aliphatic carbocycles. The SMILES string of the molecule is CCCCC1CC[C@]2(CCC(C)C(CC)O2)OC1/C=C/C(C)=C/CC(=O)CC. The van der Waals surface area contributed by atoms with E-state index in [2.05, 4.69) is 39.8 Å². The molecule has 1 spiro atoms. The number of hydrogen-bond acceptors (Lipinski definition) is 3. The van der Waals surface area contributed by atoms with Gasteiger partial charge < -0.3 is 9.47 Å². The summed E-state index contributed by atoms with van der Waals surface area (Å²) in [6.07, 6.45) is 17.1. The lowest BCUT2D eigenvalue weighted by Crippen LogP contribution is -2.51. The topological polar surface area (TPSA) is 35.5 Å². The zero-order valence-electron chi connectivity index (χ0n) is 18.8. The van der Waals surface area contributed by atoms with Crippen LogP contribution in [0, 0.1) is 11.8 Å². The number of ether oxygens (including phenoxy) is 2. The third-order valence-electron chi connectivity index (χ3n) is 6.62. The average molecular weight is 391 g/mol. The standard InChI is InChI=1S/C25H42O3/c1-6-9-10-21-16-18-25(17-15-20(5)23(8-3)27-25)28-24(21)14-12-19(4)11-13-22(26)7-2/h11-12,14,20-21,23-24H,6-10,13,15-18H2,1-5H3/b14-12+,19-11+/t20?,21?,23?,24?,25-/m0/s1. The minimum absolute atomic E-state index is 0.108. The smallest absolute Gasteiger partial charge is 0.169 e. The Balaban J connectivity index is 2.09. The van der Waals surface area contributed by atoms with Crippen LogP contribution in [0.4, 0.5) is 0 Å². The molecule has 0 aromatic heterocycles. The second kappa shape index (κ2) is 11.3. The van der Waals surface area contributed by atoms with Crippen molar-refractivity contribution in [2.75, 3.05) is 0 Å². The van der Waals surface area contributed by atoms with E-state index in [1.807, 2.05) is 13.0 Å². The Bertz CT molecular complexity index is 550. The van der Waals surface area contributed by atoms with Crippen LogP contribution in [0.1, 0.15) is 98.8 Å². The predicted molar refractivity (Wildman–Crippen MR) is 116 cm³/mol. The molecule has 3 nitrogen and oxygen atoms in total.